The van der Waals surface area contributed by atoms with Gasteiger partial charge < -0.3 is 9.47 Å². The smallest absolute Gasteiger partial charge is 0.157 e. The maximum atomic E-state index is 6.30. The van der Waals surface area contributed by atoms with Gasteiger partial charge in [-0.05, 0) is 62.1 Å². The number of allylic oxidation sites excluding steroid dienone is 2. The van der Waals surface area contributed by atoms with Crippen LogP contribution in [0, 0.1) is 0 Å². The Balaban J connectivity index is 1.28. The molecule has 0 spiro atoms. The van der Waals surface area contributed by atoms with E-state index in [4.69, 9.17) is 9.47 Å². The van der Waals surface area contributed by atoms with Gasteiger partial charge in [-0.3, -0.25) is 0 Å². The van der Waals surface area contributed by atoms with E-state index < -0.39 is 0 Å². The number of hydrogen-bond acceptors (Lipinski definition) is 4. The lowest BCUT2D eigenvalue weighted by Crippen LogP contribution is -2.24. The van der Waals surface area contributed by atoms with E-state index in [0.29, 0.717) is 0 Å². The van der Waals surface area contributed by atoms with Crippen molar-refractivity contribution < 1.29 is 9.47 Å². The van der Waals surface area contributed by atoms with Crippen molar-refractivity contribution >= 4 is 23.5 Å². The molecule has 2 aliphatic rings. The van der Waals surface area contributed by atoms with E-state index >= 15 is 0 Å². The average Bonchev–Trinajstić information content (AvgIpc) is 2.78. The molecule has 0 saturated carbocycles. The van der Waals surface area contributed by atoms with E-state index in [2.05, 4.69) is 72.8 Å². The van der Waals surface area contributed by atoms with Crippen LogP contribution in [-0.2, 0) is 9.47 Å². The minimum atomic E-state index is 0.244. The first-order valence-corrected chi connectivity index (χ1v) is 11.9. The van der Waals surface area contributed by atoms with Crippen LogP contribution in [0.15, 0.2) is 94.1 Å². The lowest BCUT2D eigenvalue weighted by atomic mass is 10.1. The second-order valence-electron chi connectivity index (χ2n) is 7.02. The molecule has 0 aliphatic carbocycles. The van der Waals surface area contributed by atoms with Gasteiger partial charge in [0.25, 0.3) is 0 Å². The third-order valence-corrected chi connectivity index (χ3v) is 7.11. The van der Waals surface area contributed by atoms with Crippen LogP contribution in [0.25, 0.3) is 0 Å². The predicted octanol–water partition coefficient (Wildman–Crippen LogP) is 6.70. The van der Waals surface area contributed by atoms with Gasteiger partial charge in [-0.15, -0.1) is 23.5 Å². The zero-order valence-corrected chi connectivity index (χ0v) is 17.6. The molecule has 0 unspecified atom stereocenters. The molecule has 0 saturated heterocycles. The van der Waals surface area contributed by atoms with E-state index in [0.717, 1.165) is 48.7 Å². The molecule has 146 valence electrons. The summed E-state index contributed by atoms with van der Waals surface area (Å²) in [7, 11) is 0. The second kappa shape index (κ2) is 10.1. The SMILES string of the molecule is C1=C(C2=CCC[C@@H](CSc3ccccc3)O2)O[C@H](CSc2ccccc2)CC1. The van der Waals surface area contributed by atoms with Crippen molar-refractivity contribution in [2.45, 2.75) is 47.7 Å². The molecule has 2 aromatic rings. The molecular formula is C24H26O2S2. The Morgan fingerprint density at radius 3 is 1.50 bits per heavy atom. The Kier molecular flexibility index (Phi) is 7.07. The van der Waals surface area contributed by atoms with Crippen LogP contribution in [0.3, 0.4) is 0 Å². The summed E-state index contributed by atoms with van der Waals surface area (Å²) in [4.78, 5) is 2.60. The van der Waals surface area contributed by atoms with Gasteiger partial charge in [-0.1, -0.05) is 36.4 Å². The molecular weight excluding hydrogens is 384 g/mol. The van der Waals surface area contributed by atoms with E-state index in [1.807, 2.05) is 23.5 Å². The number of benzene rings is 2. The minimum Gasteiger partial charge on any atom is -0.486 e. The van der Waals surface area contributed by atoms with Crippen molar-refractivity contribution in [1.82, 2.24) is 0 Å². The fourth-order valence-corrected chi connectivity index (χ4v) is 5.26. The van der Waals surface area contributed by atoms with Gasteiger partial charge >= 0.3 is 0 Å². The third-order valence-electron chi connectivity index (χ3n) is 4.83. The normalized spacial score (nSPS) is 21.9. The highest BCUT2D eigenvalue weighted by atomic mass is 32.2. The Morgan fingerprint density at radius 1 is 0.643 bits per heavy atom. The van der Waals surface area contributed by atoms with Crippen LogP contribution >= 0.6 is 23.5 Å². The Bertz CT molecular complexity index is 732. The second-order valence-corrected chi connectivity index (χ2v) is 9.21. The van der Waals surface area contributed by atoms with Crippen molar-refractivity contribution in [1.29, 1.82) is 0 Å². The number of thioether (sulfide) groups is 2. The van der Waals surface area contributed by atoms with Crippen molar-refractivity contribution in [2.75, 3.05) is 11.5 Å². The van der Waals surface area contributed by atoms with Gasteiger partial charge in [0.05, 0.1) is 0 Å². The molecule has 0 bridgehead atoms. The maximum absolute atomic E-state index is 6.30. The number of hydrogen-bond donors (Lipinski definition) is 0. The zero-order chi connectivity index (χ0) is 19.0. The van der Waals surface area contributed by atoms with E-state index in [9.17, 15) is 0 Å². The van der Waals surface area contributed by atoms with Crippen LogP contribution < -0.4 is 0 Å². The van der Waals surface area contributed by atoms with E-state index in [-0.39, 0.29) is 12.2 Å². The first-order valence-electron chi connectivity index (χ1n) is 9.96. The Labute approximate surface area is 176 Å². The van der Waals surface area contributed by atoms with Gasteiger partial charge in [0.15, 0.2) is 11.5 Å². The van der Waals surface area contributed by atoms with Crippen LogP contribution in [0.2, 0.25) is 0 Å². The maximum Gasteiger partial charge on any atom is 0.157 e. The highest BCUT2D eigenvalue weighted by Crippen LogP contribution is 2.32. The molecule has 2 aliphatic heterocycles. The molecule has 0 aromatic heterocycles. The minimum absolute atomic E-state index is 0.244. The first kappa shape index (κ1) is 19.5. The standard InChI is InChI=1S/C24H26O2S2/c1-3-11-21(12-4-1)27-17-19-9-7-15-23(25-19)24-16-8-10-20(26-24)18-28-22-13-5-2-6-14-22/h1-6,11-16,19-20H,7-10,17-18H2/t19-,20-/m0/s1. The van der Waals surface area contributed by atoms with Crippen LogP contribution in [0.5, 0.6) is 0 Å². The largest absolute Gasteiger partial charge is 0.486 e. The molecule has 0 radical (unpaired) electrons. The molecule has 0 N–H and O–H groups in total. The van der Waals surface area contributed by atoms with E-state index in [1.54, 1.807) is 0 Å². The average molecular weight is 411 g/mol. The van der Waals surface area contributed by atoms with Crippen molar-refractivity contribution in [3.05, 3.63) is 84.3 Å². The van der Waals surface area contributed by atoms with Crippen LogP contribution in [-0.4, -0.2) is 23.7 Å². The summed E-state index contributed by atoms with van der Waals surface area (Å²) in [6, 6.07) is 21.1. The zero-order valence-electron chi connectivity index (χ0n) is 16.0. The monoisotopic (exact) mass is 410 g/mol. The van der Waals surface area contributed by atoms with Crippen molar-refractivity contribution in [3.63, 3.8) is 0 Å². The highest BCUT2D eigenvalue weighted by molar-refractivity contribution is 7.99. The van der Waals surface area contributed by atoms with Gasteiger partial charge in [-0.25, -0.2) is 0 Å². The van der Waals surface area contributed by atoms with Gasteiger partial charge in [0, 0.05) is 21.3 Å². The molecule has 2 atom stereocenters. The van der Waals surface area contributed by atoms with E-state index in [1.165, 1.54) is 9.79 Å². The summed E-state index contributed by atoms with van der Waals surface area (Å²) >= 11 is 3.73. The third kappa shape index (κ3) is 5.62. The summed E-state index contributed by atoms with van der Waals surface area (Å²) in [6.07, 6.45) is 9.14. The van der Waals surface area contributed by atoms with Gasteiger partial charge in [-0.2, -0.15) is 0 Å². The molecule has 2 nitrogen and oxygen atoms in total. The summed E-state index contributed by atoms with van der Waals surface area (Å²) in [5.74, 6) is 3.84. The summed E-state index contributed by atoms with van der Waals surface area (Å²) in [5, 5.41) is 0. The molecule has 4 heteroatoms. The quantitative estimate of drug-likeness (QED) is 0.473. The fourth-order valence-electron chi connectivity index (χ4n) is 3.34. The summed E-state index contributed by atoms with van der Waals surface area (Å²) in [6.45, 7) is 0. The number of rotatable bonds is 7. The summed E-state index contributed by atoms with van der Waals surface area (Å²) < 4.78 is 12.6. The van der Waals surface area contributed by atoms with Crippen LogP contribution in [0.4, 0.5) is 0 Å². The number of ether oxygens (including phenoxy) is 2. The fraction of sp³-hybridized carbons (Fsp3) is 0.333. The van der Waals surface area contributed by atoms with Crippen LogP contribution in [0.1, 0.15) is 25.7 Å². The van der Waals surface area contributed by atoms with Crippen molar-refractivity contribution in [3.8, 4) is 0 Å². The summed E-state index contributed by atoms with van der Waals surface area (Å²) in [5.41, 5.74) is 0. The molecule has 0 fully saturated rings. The van der Waals surface area contributed by atoms with Crippen molar-refractivity contribution in [2.24, 2.45) is 0 Å². The van der Waals surface area contributed by atoms with Gasteiger partial charge in [0.2, 0.25) is 0 Å². The molecule has 2 aromatic carbocycles. The molecule has 2 heterocycles. The van der Waals surface area contributed by atoms with Gasteiger partial charge in [0.1, 0.15) is 12.2 Å². The first-order chi connectivity index (χ1) is 13.9. The predicted molar refractivity (Wildman–Crippen MR) is 119 cm³/mol. The highest BCUT2D eigenvalue weighted by Gasteiger charge is 2.24. The Morgan fingerprint density at radius 2 is 1.07 bits per heavy atom. The lowest BCUT2D eigenvalue weighted by Gasteiger charge is -2.30. The molecule has 0 amide bonds. The molecule has 4 rings (SSSR count). The Hall–Kier alpha value is -1.78. The molecule has 28 heavy (non-hydrogen) atoms. The lowest BCUT2D eigenvalue weighted by molar-refractivity contribution is 0.0603. The topological polar surface area (TPSA) is 18.5 Å².